The molecule has 5 heteroatoms. The number of hydrogen-bond acceptors (Lipinski definition) is 4. The number of carbonyl (C=O) groups excluding carboxylic acids is 1. The molecule has 1 aliphatic heterocycles. The molecule has 128 valence electrons. The standard InChI is InChI=1S/C19H25N3O2/c1-19(2,3)12-16(23)22-11-7-10-15(13-22)18-20-17(21-24-18)14-8-5-4-6-9-14/h4-6,8-9,15H,7,10-13H2,1-3H3. The van der Waals surface area contributed by atoms with Gasteiger partial charge in [0.15, 0.2) is 0 Å². The van der Waals surface area contributed by atoms with Gasteiger partial charge in [-0.05, 0) is 18.3 Å². The Hall–Kier alpha value is -2.17. The Labute approximate surface area is 143 Å². The Morgan fingerprint density at radius 2 is 2.04 bits per heavy atom. The SMILES string of the molecule is CC(C)(C)CC(=O)N1CCCC(c2nc(-c3ccccc3)no2)C1. The summed E-state index contributed by atoms with van der Waals surface area (Å²) in [6.07, 6.45) is 2.53. The van der Waals surface area contributed by atoms with Crippen LogP contribution >= 0.6 is 0 Å². The second-order valence-electron chi connectivity index (χ2n) is 7.74. The van der Waals surface area contributed by atoms with Gasteiger partial charge in [0.1, 0.15) is 0 Å². The van der Waals surface area contributed by atoms with Crippen LogP contribution in [0.2, 0.25) is 0 Å². The van der Waals surface area contributed by atoms with Crippen molar-refractivity contribution in [1.82, 2.24) is 15.0 Å². The first kappa shape index (κ1) is 16.7. The fourth-order valence-corrected chi connectivity index (χ4v) is 3.08. The molecule has 1 amide bonds. The van der Waals surface area contributed by atoms with Gasteiger partial charge in [-0.1, -0.05) is 56.3 Å². The van der Waals surface area contributed by atoms with Gasteiger partial charge in [0.2, 0.25) is 17.6 Å². The molecule has 0 saturated carbocycles. The number of aromatic nitrogens is 2. The number of carbonyl (C=O) groups is 1. The van der Waals surface area contributed by atoms with E-state index >= 15 is 0 Å². The summed E-state index contributed by atoms with van der Waals surface area (Å²) in [6.45, 7) is 7.78. The van der Waals surface area contributed by atoms with Gasteiger partial charge in [-0.15, -0.1) is 0 Å². The molecule has 1 fully saturated rings. The summed E-state index contributed by atoms with van der Waals surface area (Å²) in [5, 5.41) is 4.10. The van der Waals surface area contributed by atoms with Gasteiger partial charge < -0.3 is 9.42 Å². The van der Waals surface area contributed by atoms with Crippen LogP contribution in [-0.4, -0.2) is 34.0 Å². The average molecular weight is 327 g/mol. The van der Waals surface area contributed by atoms with Crippen LogP contribution in [0, 0.1) is 5.41 Å². The lowest BCUT2D eigenvalue weighted by molar-refractivity contribution is -0.134. The Morgan fingerprint density at radius 1 is 1.29 bits per heavy atom. The van der Waals surface area contributed by atoms with E-state index in [9.17, 15) is 4.79 Å². The average Bonchev–Trinajstić information content (AvgIpc) is 3.04. The maximum absolute atomic E-state index is 12.5. The molecular weight excluding hydrogens is 302 g/mol. The lowest BCUT2D eigenvalue weighted by atomic mass is 9.90. The van der Waals surface area contributed by atoms with Gasteiger partial charge in [0, 0.05) is 25.1 Å². The minimum Gasteiger partial charge on any atom is -0.342 e. The number of benzene rings is 1. The monoisotopic (exact) mass is 327 g/mol. The van der Waals surface area contributed by atoms with E-state index in [4.69, 9.17) is 4.52 Å². The number of amides is 1. The number of likely N-dealkylation sites (tertiary alicyclic amines) is 1. The molecular formula is C19H25N3O2. The van der Waals surface area contributed by atoms with Gasteiger partial charge >= 0.3 is 0 Å². The summed E-state index contributed by atoms with van der Waals surface area (Å²) in [5.74, 6) is 1.61. The Bertz CT molecular complexity index is 688. The summed E-state index contributed by atoms with van der Waals surface area (Å²) >= 11 is 0. The van der Waals surface area contributed by atoms with E-state index in [2.05, 4.69) is 30.9 Å². The smallest absolute Gasteiger partial charge is 0.231 e. The molecule has 2 aromatic rings. The van der Waals surface area contributed by atoms with Crippen LogP contribution in [0.5, 0.6) is 0 Å². The fourth-order valence-electron chi connectivity index (χ4n) is 3.08. The van der Waals surface area contributed by atoms with Crippen molar-refractivity contribution in [3.8, 4) is 11.4 Å². The number of rotatable bonds is 3. The van der Waals surface area contributed by atoms with Crippen LogP contribution in [0.3, 0.4) is 0 Å². The van der Waals surface area contributed by atoms with E-state index in [1.165, 1.54) is 0 Å². The van der Waals surface area contributed by atoms with Crippen LogP contribution in [0.25, 0.3) is 11.4 Å². The summed E-state index contributed by atoms with van der Waals surface area (Å²) in [7, 11) is 0. The predicted octanol–water partition coefficient (Wildman–Crippen LogP) is 3.88. The number of hydrogen-bond donors (Lipinski definition) is 0. The minimum absolute atomic E-state index is 0.00892. The zero-order chi connectivity index (χ0) is 17.2. The molecule has 1 aromatic heterocycles. The molecule has 1 saturated heterocycles. The lowest BCUT2D eigenvalue weighted by Crippen LogP contribution is -2.40. The summed E-state index contributed by atoms with van der Waals surface area (Å²) in [6, 6.07) is 9.81. The van der Waals surface area contributed by atoms with Crippen LogP contribution < -0.4 is 0 Å². The van der Waals surface area contributed by atoms with Gasteiger partial charge in [0.25, 0.3) is 0 Å². The molecule has 0 aliphatic carbocycles. The Balaban J connectivity index is 1.69. The maximum Gasteiger partial charge on any atom is 0.231 e. The van der Waals surface area contributed by atoms with Crippen LogP contribution in [0.4, 0.5) is 0 Å². The zero-order valence-electron chi connectivity index (χ0n) is 14.7. The first-order valence-corrected chi connectivity index (χ1v) is 8.59. The van der Waals surface area contributed by atoms with E-state index in [-0.39, 0.29) is 17.2 Å². The van der Waals surface area contributed by atoms with Crippen LogP contribution in [0.1, 0.15) is 51.8 Å². The normalized spacial score (nSPS) is 18.6. The van der Waals surface area contributed by atoms with Gasteiger partial charge in [-0.3, -0.25) is 4.79 Å². The second-order valence-corrected chi connectivity index (χ2v) is 7.74. The molecule has 0 N–H and O–H groups in total. The third-order valence-electron chi connectivity index (χ3n) is 4.28. The largest absolute Gasteiger partial charge is 0.342 e. The van der Waals surface area contributed by atoms with Crippen molar-refractivity contribution in [2.45, 2.75) is 46.0 Å². The second kappa shape index (κ2) is 6.75. The molecule has 1 atom stereocenters. The summed E-state index contributed by atoms with van der Waals surface area (Å²) in [5.41, 5.74) is 0.957. The molecule has 1 aromatic carbocycles. The molecule has 2 heterocycles. The van der Waals surface area contributed by atoms with Gasteiger partial charge in [-0.25, -0.2) is 0 Å². The lowest BCUT2D eigenvalue weighted by Gasteiger charge is -2.33. The molecule has 1 unspecified atom stereocenters. The zero-order valence-corrected chi connectivity index (χ0v) is 14.7. The van der Waals surface area contributed by atoms with E-state index in [0.29, 0.717) is 24.7 Å². The van der Waals surface area contributed by atoms with Crippen molar-refractivity contribution in [3.63, 3.8) is 0 Å². The van der Waals surface area contributed by atoms with Crippen molar-refractivity contribution >= 4 is 5.91 Å². The molecule has 0 radical (unpaired) electrons. The van der Waals surface area contributed by atoms with Gasteiger partial charge in [-0.2, -0.15) is 4.98 Å². The van der Waals surface area contributed by atoms with Crippen LogP contribution in [-0.2, 0) is 4.79 Å². The van der Waals surface area contributed by atoms with E-state index in [1.54, 1.807) is 0 Å². The Kier molecular flexibility index (Phi) is 4.69. The maximum atomic E-state index is 12.5. The quantitative estimate of drug-likeness (QED) is 0.858. The highest BCUT2D eigenvalue weighted by Crippen LogP contribution is 2.29. The number of piperidine rings is 1. The van der Waals surface area contributed by atoms with Crippen molar-refractivity contribution < 1.29 is 9.32 Å². The van der Waals surface area contributed by atoms with Crippen LogP contribution in [0.15, 0.2) is 34.9 Å². The van der Waals surface area contributed by atoms with E-state index in [1.807, 2.05) is 35.2 Å². The highest BCUT2D eigenvalue weighted by atomic mass is 16.5. The Morgan fingerprint density at radius 3 is 2.75 bits per heavy atom. The minimum atomic E-state index is 0.00892. The molecule has 24 heavy (non-hydrogen) atoms. The van der Waals surface area contributed by atoms with Gasteiger partial charge in [0.05, 0.1) is 5.92 Å². The molecule has 5 nitrogen and oxygen atoms in total. The fraction of sp³-hybridized carbons (Fsp3) is 0.526. The van der Waals surface area contributed by atoms with Crippen molar-refractivity contribution in [1.29, 1.82) is 0 Å². The first-order chi connectivity index (χ1) is 11.4. The predicted molar refractivity (Wildman–Crippen MR) is 92.4 cm³/mol. The highest BCUT2D eigenvalue weighted by Gasteiger charge is 2.30. The third-order valence-corrected chi connectivity index (χ3v) is 4.28. The third kappa shape index (κ3) is 4.02. The molecule has 0 spiro atoms. The van der Waals surface area contributed by atoms with E-state index < -0.39 is 0 Å². The molecule has 3 rings (SSSR count). The van der Waals surface area contributed by atoms with E-state index in [0.717, 1.165) is 24.9 Å². The highest BCUT2D eigenvalue weighted by molar-refractivity contribution is 5.77. The van der Waals surface area contributed by atoms with Crippen molar-refractivity contribution in [2.75, 3.05) is 13.1 Å². The first-order valence-electron chi connectivity index (χ1n) is 8.59. The topological polar surface area (TPSA) is 59.2 Å². The molecule has 0 bridgehead atoms. The molecule has 1 aliphatic rings. The van der Waals surface area contributed by atoms with Crippen molar-refractivity contribution in [2.24, 2.45) is 5.41 Å². The summed E-state index contributed by atoms with van der Waals surface area (Å²) < 4.78 is 5.49. The summed E-state index contributed by atoms with van der Waals surface area (Å²) in [4.78, 5) is 19.0. The number of nitrogens with zero attached hydrogens (tertiary/aromatic N) is 3. The van der Waals surface area contributed by atoms with Crippen molar-refractivity contribution in [3.05, 3.63) is 36.2 Å².